The summed E-state index contributed by atoms with van der Waals surface area (Å²) in [7, 11) is -0.804. The maximum atomic E-state index is 12.6. The van der Waals surface area contributed by atoms with E-state index in [2.05, 4.69) is 10.6 Å². The van der Waals surface area contributed by atoms with E-state index in [0.29, 0.717) is 11.0 Å². The Kier molecular flexibility index (Phi) is 8.40. The van der Waals surface area contributed by atoms with Crippen LogP contribution in [-0.4, -0.2) is 28.5 Å². The third-order valence-corrected chi connectivity index (χ3v) is 6.97. The first-order valence-corrected chi connectivity index (χ1v) is 10.6. The van der Waals surface area contributed by atoms with Crippen molar-refractivity contribution >= 4 is 34.8 Å². The predicted molar refractivity (Wildman–Crippen MR) is 107 cm³/mol. The van der Waals surface area contributed by atoms with Gasteiger partial charge < -0.3 is 10.6 Å². The fourth-order valence-electron chi connectivity index (χ4n) is 3.68. The summed E-state index contributed by atoms with van der Waals surface area (Å²) in [6.45, 7) is 1.83. The van der Waals surface area contributed by atoms with Crippen molar-refractivity contribution in [2.75, 3.05) is 18.4 Å². The predicted octanol–water partition coefficient (Wildman–Crippen LogP) is 3.63. The van der Waals surface area contributed by atoms with E-state index in [-0.39, 0.29) is 24.2 Å². The molecule has 0 aromatic heterocycles. The smallest absolute Gasteiger partial charge is 0.227 e. The van der Waals surface area contributed by atoms with Gasteiger partial charge in [0, 0.05) is 33.4 Å². The van der Waals surface area contributed by atoms with E-state index in [1.165, 1.54) is 19.3 Å². The third-order valence-electron chi connectivity index (χ3n) is 5.14. The molecule has 6 heteroatoms. The lowest BCUT2D eigenvalue weighted by atomic mass is 9.97. The average Bonchev–Trinajstić information content (AvgIpc) is 2.63. The van der Waals surface area contributed by atoms with E-state index in [4.69, 9.17) is 0 Å². The fourth-order valence-corrected chi connectivity index (χ4v) is 5.28. The number of nitrogens with one attached hydrogen (secondary N) is 2. The number of carbonyl (C=O) groups excluding carboxylic acids is 1. The lowest BCUT2D eigenvalue weighted by molar-refractivity contribution is -0.120. The first kappa shape index (κ1) is 20.4. The summed E-state index contributed by atoms with van der Waals surface area (Å²) in [5.41, 5.74) is 1.89. The van der Waals surface area contributed by atoms with Crippen LogP contribution in [0.5, 0.6) is 0 Å². The molecule has 3 rings (SSSR count). The Morgan fingerprint density at radius 2 is 1.84 bits per heavy atom. The second-order valence-corrected chi connectivity index (χ2v) is 8.72. The summed E-state index contributed by atoms with van der Waals surface area (Å²) in [4.78, 5) is 12.3. The van der Waals surface area contributed by atoms with Crippen LogP contribution in [0.2, 0.25) is 0 Å². The number of halogens is 1. The molecule has 140 valence electrons. The van der Waals surface area contributed by atoms with Crippen LogP contribution in [0, 0.1) is 5.92 Å². The highest BCUT2D eigenvalue weighted by Crippen LogP contribution is 2.24. The van der Waals surface area contributed by atoms with Crippen molar-refractivity contribution in [1.29, 1.82) is 0 Å². The first-order chi connectivity index (χ1) is 11.7. The quantitative estimate of drug-likeness (QED) is 0.814. The number of anilines is 1. The molecule has 0 radical (unpaired) electrons. The topological polar surface area (TPSA) is 58.2 Å². The number of hydrogen-bond donors (Lipinski definition) is 2. The van der Waals surface area contributed by atoms with Crippen LogP contribution in [0.15, 0.2) is 24.3 Å². The first-order valence-electron chi connectivity index (χ1n) is 9.20. The van der Waals surface area contributed by atoms with Gasteiger partial charge in [0.15, 0.2) is 0 Å². The summed E-state index contributed by atoms with van der Waals surface area (Å²) in [5.74, 6) is 0.815. The standard InChI is InChI=1S/C19H28N2O2S.ClH/c22-19(16-9-11-20-12-10-16)21-17-6-4-5-15(13-17)14-24(23)18-7-2-1-3-8-18;/h4-6,13,16,18,20H,1-3,7-12,14H2,(H,21,22);1H. The minimum atomic E-state index is -0.804. The molecule has 4 nitrogen and oxygen atoms in total. The zero-order valence-electron chi connectivity index (χ0n) is 14.7. The molecule has 0 bridgehead atoms. The van der Waals surface area contributed by atoms with Gasteiger partial charge in [0.25, 0.3) is 0 Å². The van der Waals surface area contributed by atoms with Crippen molar-refractivity contribution in [2.24, 2.45) is 5.92 Å². The molecule has 1 heterocycles. The Morgan fingerprint density at radius 3 is 2.56 bits per heavy atom. The van der Waals surface area contributed by atoms with E-state index >= 15 is 0 Å². The minimum Gasteiger partial charge on any atom is -0.326 e. The van der Waals surface area contributed by atoms with Gasteiger partial charge in [-0.25, -0.2) is 0 Å². The van der Waals surface area contributed by atoms with E-state index in [9.17, 15) is 9.00 Å². The monoisotopic (exact) mass is 384 g/mol. The molecule has 0 spiro atoms. The Hall–Kier alpha value is -0.910. The summed E-state index contributed by atoms with van der Waals surface area (Å²) < 4.78 is 12.6. The lowest BCUT2D eigenvalue weighted by Gasteiger charge is -2.22. The Balaban J connectivity index is 0.00000225. The molecular formula is C19H29ClN2O2S. The van der Waals surface area contributed by atoms with Gasteiger partial charge in [0.05, 0.1) is 0 Å². The zero-order valence-corrected chi connectivity index (χ0v) is 16.3. The molecule has 1 amide bonds. The van der Waals surface area contributed by atoms with Gasteiger partial charge in [-0.15, -0.1) is 12.4 Å². The van der Waals surface area contributed by atoms with Crippen molar-refractivity contribution in [3.8, 4) is 0 Å². The summed E-state index contributed by atoms with van der Waals surface area (Å²) in [5, 5.41) is 6.67. The van der Waals surface area contributed by atoms with Crippen LogP contribution in [0.4, 0.5) is 5.69 Å². The van der Waals surface area contributed by atoms with Gasteiger partial charge >= 0.3 is 0 Å². The normalized spacial score (nSPS) is 20.5. The van der Waals surface area contributed by atoms with E-state index in [1.54, 1.807) is 0 Å². The molecule has 25 heavy (non-hydrogen) atoms. The van der Waals surface area contributed by atoms with Crippen LogP contribution < -0.4 is 10.6 Å². The van der Waals surface area contributed by atoms with Crippen LogP contribution in [-0.2, 0) is 21.3 Å². The Labute approximate surface area is 159 Å². The molecular weight excluding hydrogens is 356 g/mol. The number of benzene rings is 1. The number of hydrogen-bond acceptors (Lipinski definition) is 3. The SMILES string of the molecule is Cl.O=C(Nc1cccc(CS(=O)C2CCCCC2)c1)C1CCNCC1. The highest BCUT2D eigenvalue weighted by molar-refractivity contribution is 7.84. The second kappa shape index (κ2) is 10.3. The second-order valence-electron chi connectivity index (χ2n) is 7.00. The molecule has 1 aliphatic carbocycles. The Bertz CT molecular complexity index is 537. The maximum absolute atomic E-state index is 12.6. The summed E-state index contributed by atoms with van der Waals surface area (Å²) >= 11 is 0. The van der Waals surface area contributed by atoms with Crippen molar-refractivity contribution in [1.82, 2.24) is 5.32 Å². The van der Waals surface area contributed by atoms with Crippen molar-refractivity contribution in [3.63, 3.8) is 0 Å². The van der Waals surface area contributed by atoms with Crippen molar-refractivity contribution in [2.45, 2.75) is 55.9 Å². The third kappa shape index (κ3) is 6.08. The van der Waals surface area contributed by atoms with Gasteiger partial charge in [-0.05, 0) is 56.5 Å². The average molecular weight is 385 g/mol. The van der Waals surface area contributed by atoms with Crippen molar-refractivity contribution < 1.29 is 9.00 Å². The van der Waals surface area contributed by atoms with Gasteiger partial charge in [-0.2, -0.15) is 0 Å². The van der Waals surface area contributed by atoms with Gasteiger partial charge in [0.1, 0.15) is 0 Å². The number of rotatable bonds is 5. The number of amides is 1. The highest BCUT2D eigenvalue weighted by Gasteiger charge is 2.22. The number of carbonyl (C=O) groups is 1. The lowest BCUT2D eigenvalue weighted by Crippen LogP contribution is -2.34. The zero-order chi connectivity index (χ0) is 16.8. The molecule has 1 aliphatic heterocycles. The largest absolute Gasteiger partial charge is 0.326 e. The van der Waals surface area contributed by atoms with E-state index in [0.717, 1.165) is 50.0 Å². The van der Waals surface area contributed by atoms with Crippen LogP contribution in [0.25, 0.3) is 0 Å². The summed E-state index contributed by atoms with van der Waals surface area (Å²) in [6, 6.07) is 7.87. The van der Waals surface area contributed by atoms with E-state index in [1.807, 2.05) is 24.3 Å². The summed E-state index contributed by atoms with van der Waals surface area (Å²) in [6.07, 6.45) is 7.70. The van der Waals surface area contributed by atoms with Gasteiger partial charge in [-0.3, -0.25) is 9.00 Å². The molecule has 1 aromatic carbocycles. The fraction of sp³-hybridized carbons (Fsp3) is 0.632. The highest BCUT2D eigenvalue weighted by atomic mass is 35.5. The maximum Gasteiger partial charge on any atom is 0.227 e. The molecule has 1 saturated carbocycles. The Morgan fingerprint density at radius 1 is 1.12 bits per heavy atom. The molecule has 1 aromatic rings. The van der Waals surface area contributed by atoms with Crippen molar-refractivity contribution in [3.05, 3.63) is 29.8 Å². The van der Waals surface area contributed by atoms with Gasteiger partial charge in [0.2, 0.25) is 5.91 Å². The minimum absolute atomic E-state index is 0. The molecule has 1 atom stereocenters. The van der Waals surface area contributed by atoms with Gasteiger partial charge in [-0.1, -0.05) is 31.4 Å². The van der Waals surface area contributed by atoms with Crippen LogP contribution >= 0.6 is 12.4 Å². The molecule has 1 saturated heterocycles. The molecule has 1 unspecified atom stereocenters. The van der Waals surface area contributed by atoms with Crippen LogP contribution in [0.1, 0.15) is 50.5 Å². The number of piperidine rings is 1. The van der Waals surface area contributed by atoms with Crippen LogP contribution in [0.3, 0.4) is 0 Å². The molecule has 2 fully saturated rings. The molecule has 2 N–H and O–H groups in total. The van der Waals surface area contributed by atoms with E-state index < -0.39 is 10.8 Å². The molecule has 2 aliphatic rings.